The molecule has 1 aliphatic heterocycles. The van der Waals surface area contributed by atoms with Crippen molar-refractivity contribution in [2.75, 3.05) is 33.4 Å². The summed E-state index contributed by atoms with van der Waals surface area (Å²) in [6, 6.07) is 6.45. The molecule has 0 saturated carbocycles. The highest BCUT2D eigenvalue weighted by Gasteiger charge is 2.36. The van der Waals surface area contributed by atoms with Crippen molar-refractivity contribution in [3.05, 3.63) is 35.6 Å². The average molecular weight is 322 g/mol. The molecule has 2 rings (SSSR count). The predicted molar refractivity (Wildman–Crippen MR) is 88.8 cm³/mol. The summed E-state index contributed by atoms with van der Waals surface area (Å²) >= 11 is 0. The molecule has 1 amide bonds. The second-order valence-electron chi connectivity index (χ2n) is 6.97. The number of amides is 1. The first-order valence-electron chi connectivity index (χ1n) is 8.14. The third-order valence-electron chi connectivity index (χ3n) is 4.85. The molecule has 23 heavy (non-hydrogen) atoms. The van der Waals surface area contributed by atoms with E-state index in [1.807, 2.05) is 0 Å². The van der Waals surface area contributed by atoms with E-state index in [4.69, 9.17) is 4.74 Å². The van der Waals surface area contributed by atoms with Gasteiger partial charge in [0.05, 0.1) is 12.0 Å². The lowest BCUT2D eigenvalue weighted by Crippen LogP contribution is -2.50. The Morgan fingerprint density at radius 1 is 1.35 bits per heavy atom. The van der Waals surface area contributed by atoms with Crippen LogP contribution in [0.3, 0.4) is 0 Å². The Hall–Kier alpha value is -1.46. The van der Waals surface area contributed by atoms with Gasteiger partial charge in [-0.3, -0.25) is 4.79 Å². The smallest absolute Gasteiger partial charge is 0.230 e. The SMILES string of the molecule is COCC1(CNC(=O)C(C)(C)c2ccccc2F)CCNCC1. The van der Waals surface area contributed by atoms with Crippen LogP contribution in [0.1, 0.15) is 32.3 Å². The summed E-state index contributed by atoms with van der Waals surface area (Å²) < 4.78 is 19.4. The molecule has 0 spiro atoms. The molecule has 1 aromatic carbocycles. The van der Waals surface area contributed by atoms with Gasteiger partial charge in [-0.25, -0.2) is 4.39 Å². The zero-order chi connectivity index (χ0) is 16.9. The summed E-state index contributed by atoms with van der Waals surface area (Å²) in [6.45, 7) is 6.54. The van der Waals surface area contributed by atoms with Crippen LogP contribution in [0.4, 0.5) is 4.39 Å². The second kappa shape index (κ2) is 7.41. The Morgan fingerprint density at radius 2 is 2.00 bits per heavy atom. The Labute approximate surface area is 137 Å². The number of piperidine rings is 1. The highest BCUT2D eigenvalue weighted by Crippen LogP contribution is 2.30. The standard InChI is InChI=1S/C18H27FN2O2/c1-17(2,14-6-4-5-7-15(14)19)16(22)21-12-18(13-23-3)8-10-20-11-9-18/h4-7,20H,8-13H2,1-3H3,(H,21,22). The van der Waals surface area contributed by atoms with Crippen LogP contribution in [0.5, 0.6) is 0 Å². The van der Waals surface area contributed by atoms with Crippen molar-refractivity contribution in [3.8, 4) is 0 Å². The van der Waals surface area contributed by atoms with Crippen LogP contribution in [0.2, 0.25) is 0 Å². The lowest BCUT2D eigenvalue weighted by atomic mass is 9.78. The number of hydrogen-bond donors (Lipinski definition) is 2. The van der Waals surface area contributed by atoms with E-state index >= 15 is 0 Å². The molecule has 4 nitrogen and oxygen atoms in total. The predicted octanol–water partition coefficient (Wildman–Crippen LogP) is 2.24. The Kier molecular flexibility index (Phi) is 5.76. The van der Waals surface area contributed by atoms with Gasteiger partial charge < -0.3 is 15.4 Å². The quantitative estimate of drug-likeness (QED) is 0.844. The monoisotopic (exact) mass is 322 g/mol. The van der Waals surface area contributed by atoms with Crippen LogP contribution in [0.15, 0.2) is 24.3 Å². The zero-order valence-corrected chi connectivity index (χ0v) is 14.2. The minimum atomic E-state index is -0.910. The van der Waals surface area contributed by atoms with E-state index in [1.54, 1.807) is 39.2 Å². The number of carbonyl (C=O) groups is 1. The highest BCUT2D eigenvalue weighted by atomic mass is 19.1. The molecule has 0 unspecified atom stereocenters. The van der Waals surface area contributed by atoms with Gasteiger partial charge in [0.1, 0.15) is 5.82 Å². The molecular formula is C18H27FN2O2. The largest absolute Gasteiger partial charge is 0.384 e. The summed E-state index contributed by atoms with van der Waals surface area (Å²) in [4.78, 5) is 12.7. The van der Waals surface area contributed by atoms with Crippen LogP contribution < -0.4 is 10.6 Å². The fraction of sp³-hybridized carbons (Fsp3) is 0.611. The Morgan fingerprint density at radius 3 is 2.61 bits per heavy atom. The Balaban J connectivity index is 2.07. The van der Waals surface area contributed by atoms with Crippen molar-refractivity contribution < 1.29 is 13.9 Å². The summed E-state index contributed by atoms with van der Waals surface area (Å²) in [6.07, 6.45) is 1.92. The molecule has 128 valence electrons. The van der Waals surface area contributed by atoms with Gasteiger partial charge in [0, 0.05) is 24.6 Å². The summed E-state index contributed by atoms with van der Waals surface area (Å²) in [5.41, 5.74) is -0.531. The average Bonchev–Trinajstić information content (AvgIpc) is 2.54. The molecule has 1 fully saturated rings. The van der Waals surface area contributed by atoms with E-state index in [0.29, 0.717) is 18.7 Å². The van der Waals surface area contributed by atoms with Crippen LogP contribution >= 0.6 is 0 Å². The molecule has 0 aromatic heterocycles. The molecule has 1 heterocycles. The summed E-state index contributed by atoms with van der Waals surface area (Å²) in [5.74, 6) is -0.502. The number of ether oxygens (including phenoxy) is 1. The lowest BCUT2D eigenvalue weighted by molar-refractivity contribution is -0.126. The van der Waals surface area contributed by atoms with Crippen LogP contribution in [-0.2, 0) is 14.9 Å². The molecule has 0 radical (unpaired) electrons. The van der Waals surface area contributed by atoms with Crippen molar-refractivity contribution in [3.63, 3.8) is 0 Å². The molecule has 5 heteroatoms. The number of methoxy groups -OCH3 is 1. The number of carbonyl (C=O) groups excluding carboxylic acids is 1. The first-order chi connectivity index (χ1) is 10.9. The van der Waals surface area contributed by atoms with Crippen molar-refractivity contribution in [1.82, 2.24) is 10.6 Å². The second-order valence-corrected chi connectivity index (χ2v) is 6.97. The van der Waals surface area contributed by atoms with Crippen LogP contribution in [-0.4, -0.2) is 39.3 Å². The summed E-state index contributed by atoms with van der Waals surface area (Å²) in [7, 11) is 1.69. The van der Waals surface area contributed by atoms with Gasteiger partial charge in [-0.05, 0) is 45.8 Å². The highest BCUT2D eigenvalue weighted by molar-refractivity contribution is 5.87. The molecule has 0 aliphatic carbocycles. The molecule has 1 aromatic rings. The van der Waals surface area contributed by atoms with E-state index < -0.39 is 5.41 Å². The number of rotatable bonds is 6. The van der Waals surface area contributed by atoms with E-state index in [1.165, 1.54) is 6.07 Å². The van der Waals surface area contributed by atoms with E-state index in [-0.39, 0.29) is 17.1 Å². The van der Waals surface area contributed by atoms with Gasteiger partial charge in [0.2, 0.25) is 5.91 Å². The fourth-order valence-corrected chi connectivity index (χ4v) is 3.21. The number of benzene rings is 1. The van der Waals surface area contributed by atoms with Crippen molar-refractivity contribution in [1.29, 1.82) is 0 Å². The minimum Gasteiger partial charge on any atom is -0.384 e. The topological polar surface area (TPSA) is 50.4 Å². The number of hydrogen-bond acceptors (Lipinski definition) is 3. The maximum Gasteiger partial charge on any atom is 0.230 e. The van der Waals surface area contributed by atoms with Crippen molar-refractivity contribution >= 4 is 5.91 Å². The maximum absolute atomic E-state index is 14.0. The van der Waals surface area contributed by atoms with Crippen LogP contribution in [0.25, 0.3) is 0 Å². The molecular weight excluding hydrogens is 295 g/mol. The molecule has 0 bridgehead atoms. The zero-order valence-electron chi connectivity index (χ0n) is 14.2. The molecule has 2 N–H and O–H groups in total. The van der Waals surface area contributed by atoms with E-state index in [9.17, 15) is 9.18 Å². The van der Waals surface area contributed by atoms with Crippen LogP contribution in [0, 0.1) is 11.2 Å². The lowest BCUT2D eigenvalue weighted by Gasteiger charge is -2.38. The van der Waals surface area contributed by atoms with Gasteiger partial charge >= 0.3 is 0 Å². The van der Waals surface area contributed by atoms with Gasteiger partial charge in [0.25, 0.3) is 0 Å². The van der Waals surface area contributed by atoms with Gasteiger partial charge in [0.15, 0.2) is 0 Å². The first-order valence-corrected chi connectivity index (χ1v) is 8.14. The van der Waals surface area contributed by atoms with Crippen molar-refractivity contribution in [2.45, 2.75) is 32.1 Å². The van der Waals surface area contributed by atoms with Crippen molar-refractivity contribution in [2.24, 2.45) is 5.41 Å². The third kappa shape index (κ3) is 4.09. The van der Waals surface area contributed by atoms with E-state index in [2.05, 4.69) is 10.6 Å². The Bertz CT molecular complexity index is 534. The number of halogens is 1. The van der Waals surface area contributed by atoms with Gasteiger partial charge in [-0.15, -0.1) is 0 Å². The maximum atomic E-state index is 14.0. The normalized spacial score (nSPS) is 17.7. The van der Waals surface area contributed by atoms with Gasteiger partial charge in [-0.1, -0.05) is 18.2 Å². The van der Waals surface area contributed by atoms with Gasteiger partial charge in [-0.2, -0.15) is 0 Å². The third-order valence-corrected chi connectivity index (χ3v) is 4.85. The fourth-order valence-electron chi connectivity index (χ4n) is 3.21. The number of nitrogens with one attached hydrogen (secondary N) is 2. The minimum absolute atomic E-state index is 0.0407. The first kappa shape index (κ1) is 17.9. The van der Waals surface area contributed by atoms with E-state index in [0.717, 1.165) is 25.9 Å². The molecule has 0 atom stereocenters. The summed E-state index contributed by atoms with van der Waals surface area (Å²) in [5, 5.41) is 6.36. The molecule has 1 saturated heterocycles. The molecule has 1 aliphatic rings.